The second-order valence-electron chi connectivity index (χ2n) is 5.34. The number of rotatable bonds is 9. The van der Waals surface area contributed by atoms with Crippen LogP contribution in [0.5, 0.6) is 17.2 Å². The second-order valence-corrected chi connectivity index (χ2v) is 5.34. The Balaban J connectivity index is 1.87. The highest BCUT2D eigenvalue weighted by atomic mass is 16.5. The number of ether oxygens (including phenoxy) is 3. The summed E-state index contributed by atoms with van der Waals surface area (Å²) in [6.45, 7) is 2.81. The van der Waals surface area contributed by atoms with Crippen LogP contribution >= 0.6 is 0 Å². The quantitative estimate of drug-likeness (QED) is 0.713. The van der Waals surface area contributed by atoms with Crippen molar-refractivity contribution in [3.63, 3.8) is 0 Å². The summed E-state index contributed by atoms with van der Waals surface area (Å²) in [5, 5.41) is 8.74. The maximum atomic E-state index is 10.6. The largest absolute Gasteiger partial charge is 0.493 e. The molecule has 0 unspecified atom stereocenters. The van der Waals surface area contributed by atoms with Gasteiger partial charge in [0.1, 0.15) is 19.0 Å². The average Bonchev–Trinajstić information content (AvgIpc) is 2.58. The molecule has 2 aromatic rings. The zero-order valence-electron chi connectivity index (χ0n) is 14.0. The van der Waals surface area contributed by atoms with Crippen molar-refractivity contribution in [2.45, 2.75) is 19.8 Å². The van der Waals surface area contributed by atoms with Gasteiger partial charge in [0.25, 0.3) is 0 Å². The highest BCUT2D eigenvalue weighted by Gasteiger charge is 2.07. The maximum Gasteiger partial charge on any atom is 0.303 e. The monoisotopic (exact) mass is 330 g/mol. The predicted molar refractivity (Wildman–Crippen MR) is 91.1 cm³/mol. The van der Waals surface area contributed by atoms with Crippen molar-refractivity contribution in [3.05, 3.63) is 53.6 Å². The van der Waals surface area contributed by atoms with E-state index >= 15 is 0 Å². The minimum Gasteiger partial charge on any atom is -0.493 e. The van der Waals surface area contributed by atoms with E-state index in [-0.39, 0.29) is 6.42 Å². The number of para-hydroxylation sites is 1. The van der Waals surface area contributed by atoms with Gasteiger partial charge >= 0.3 is 5.97 Å². The van der Waals surface area contributed by atoms with Crippen LogP contribution in [0.1, 0.15) is 17.5 Å². The van der Waals surface area contributed by atoms with Crippen LogP contribution in [0.3, 0.4) is 0 Å². The maximum absolute atomic E-state index is 10.6. The van der Waals surface area contributed by atoms with E-state index in [1.165, 1.54) is 0 Å². The predicted octanol–water partition coefficient (Wildman–Crippen LogP) is 3.48. The van der Waals surface area contributed by atoms with Crippen LogP contribution < -0.4 is 14.2 Å². The van der Waals surface area contributed by atoms with E-state index in [9.17, 15) is 4.79 Å². The van der Waals surface area contributed by atoms with Crippen LogP contribution in [-0.2, 0) is 11.2 Å². The molecule has 0 amide bonds. The first kappa shape index (κ1) is 17.7. The van der Waals surface area contributed by atoms with Gasteiger partial charge in [-0.2, -0.15) is 0 Å². The van der Waals surface area contributed by atoms with Crippen molar-refractivity contribution in [3.8, 4) is 17.2 Å². The Kier molecular flexibility index (Phi) is 6.49. The number of carboxylic acid groups (broad SMARTS) is 1. The Morgan fingerprint density at radius 2 is 1.71 bits per heavy atom. The molecule has 0 radical (unpaired) electrons. The molecule has 0 aliphatic carbocycles. The summed E-state index contributed by atoms with van der Waals surface area (Å²) in [5.41, 5.74) is 1.98. The lowest BCUT2D eigenvalue weighted by atomic mass is 10.1. The van der Waals surface area contributed by atoms with Gasteiger partial charge < -0.3 is 19.3 Å². The topological polar surface area (TPSA) is 65.0 Å². The molecule has 2 aromatic carbocycles. The molecular weight excluding hydrogens is 308 g/mol. The van der Waals surface area contributed by atoms with Gasteiger partial charge in [0.15, 0.2) is 11.5 Å². The molecule has 0 saturated heterocycles. The molecule has 5 heteroatoms. The summed E-state index contributed by atoms with van der Waals surface area (Å²) in [6.07, 6.45) is 0.552. The minimum absolute atomic E-state index is 0.0909. The number of aliphatic carboxylic acids is 1. The molecule has 0 aromatic heterocycles. The zero-order valence-corrected chi connectivity index (χ0v) is 14.0. The van der Waals surface area contributed by atoms with Crippen LogP contribution in [0, 0.1) is 6.92 Å². The van der Waals surface area contributed by atoms with Crippen molar-refractivity contribution in [2.75, 3.05) is 20.3 Å². The standard InChI is InChI=1S/C19H22O5/c1-14-5-3-4-6-16(14)23-11-12-24-17-9-7-15(8-10-19(20)21)13-18(17)22-2/h3-7,9,13H,8,10-12H2,1-2H3,(H,20,21). The third kappa shape index (κ3) is 5.19. The average molecular weight is 330 g/mol. The lowest BCUT2D eigenvalue weighted by Gasteiger charge is -2.13. The second kappa shape index (κ2) is 8.82. The summed E-state index contributed by atoms with van der Waals surface area (Å²) < 4.78 is 16.7. The van der Waals surface area contributed by atoms with Gasteiger partial charge in [0, 0.05) is 6.42 Å². The van der Waals surface area contributed by atoms with E-state index in [0.29, 0.717) is 31.1 Å². The molecule has 0 saturated carbocycles. The van der Waals surface area contributed by atoms with Crippen molar-refractivity contribution in [1.82, 2.24) is 0 Å². The molecule has 0 fully saturated rings. The molecule has 0 atom stereocenters. The van der Waals surface area contributed by atoms with Gasteiger partial charge in [-0.05, 0) is 42.7 Å². The van der Waals surface area contributed by atoms with Gasteiger partial charge in [-0.3, -0.25) is 4.79 Å². The molecule has 1 N–H and O–H groups in total. The number of aryl methyl sites for hydroxylation is 2. The van der Waals surface area contributed by atoms with Crippen molar-refractivity contribution >= 4 is 5.97 Å². The molecule has 0 aliphatic rings. The molecule has 128 valence electrons. The Hall–Kier alpha value is -2.69. The van der Waals surface area contributed by atoms with Gasteiger partial charge in [-0.25, -0.2) is 0 Å². The van der Waals surface area contributed by atoms with Crippen molar-refractivity contribution < 1.29 is 24.1 Å². The van der Waals surface area contributed by atoms with Gasteiger partial charge in [-0.1, -0.05) is 24.3 Å². The Labute approximate surface area is 141 Å². The van der Waals surface area contributed by atoms with Gasteiger partial charge in [0.05, 0.1) is 7.11 Å². The highest BCUT2D eigenvalue weighted by Crippen LogP contribution is 2.28. The van der Waals surface area contributed by atoms with Crippen LogP contribution in [0.4, 0.5) is 0 Å². The molecule has 0 aliphatic heterocycles. The number of methoxy groups -OCH3 is 1. The van der Waals surface area contributed by atoms with Gasteiger partial charge in [-0.15, -0.1) is 0 Å². The van der Waals surface area contributed by atoms with Crippen LogP contribution in [0.15, 0.2) is 42.5 Å². The smallest absolute Gasteiger partial charge is 0.303 e. The van der Waals surface area contributed by atoms with E-state index in [2.05, 4.69) is 0 Å². The molecule has 24 heavy (non-hydrogen) atoms. The Bertz CT molecular complexity index is 681. The molecule has 5 nitrogen and oxygen atoms in total. The number of carboxylic acids is 1. The van der Waals surface area contributed by atoms with E-state index in [0.717, 1.165) is 16.9 Å². The number of hydrogen-bond donors (Lipinski definition) is 1. The minimum atomic E-state index is -0.817. The first-order chi connectivity index (χ1) is 11.6. The lowest BCUT2D eigenvalue weighted by Crippen LogP contribution is -2.10. The van der Waals surface area contributed by atoms with Gasteiger partial charge in [0.2, 0.25) is 0 Å². The zero-order chi connectivity index (χ0) is 17.4. The highest BCUT2D eigenvalue weighted by molar-refractivity contribution is 5.67. The van der Waals surface area contributed by atoms with E-state index in [1.54, 1.807) is 19.2 Å². The van der Waals surface area contributed by atoms with E-state index < -0.39 is 5.97 Å². The molecule has 0 bridgehead atoms. The van der Waals surface area contributed by atoms with Crippen LogP contribution in [0.2, 0.25) is 0 Å². The fourth-order valence-corrected chi connectivity index (χ4v) is 2.26. The number of benzene rings is 2. The molecular formula is C19H22O5. The number of carbonyl (C=O) groups is 1. The SMILES string of the molecule is COc1cc(CCC(=O)O)ccc1OCCOc1ccccc1C. The lowest BCUT2D eigenvalue weighted by molar-refractivity contribution is -0.136. The summed E-state index contributed by atoms with van der Waals surface area (Å²) in [7, 11) is 1.56. The third-order valence-corrected chi connectivity index (χ3v) is 3.55. The van der Waals surface area contributed by atoms with E-state index in [4.69, 9.17) is 19.3 Å². The first-order valence-electron chi connectivity index (χ1n) is 7.80. The molecule has 0 spiro atoms. The Morgan fingerprint density at radius 1 is 1.00 bits per heavy atom. The summed E-state index contributed by atoms with van der Waals surface area (Å²) in [6, 6.07) is 13.3. The normalized spacial score (nSPS) is 10.2. The molecule has 0 heterocycles. The van der Waals surface area contributed by atoms with Crippen molar-refractivity contribution in [1.29, 1.82) is 0 Å². The van der Waals surface area contributed by atoms with E-state index in [1.807, 2.05) is 37.3 Å². The van der Waals surface area contributed by atoms with Crippen molar-refractivity contribution in [2.24, 2.45) is 0 Å². The van der Waals surface area contributed by atoms with Crippen LogP contribution in [-0.4, -0.2) is 31.4 Å². The fourth-order valence-electron chi connectivity index (χ4n) is 2.26. The summed E-state index contributed by atoms with van der Waals surface area (Å²) >= 11 is 0. The third-order valence-electron chi connectivity index (χ3n) is 3.55. The van der Waals surface area contributed by atoms with Crippen LogP contribution in [0.25, 0.3) is 0 Å². The summed E-state index contributed by atoms with van der Waals surface area (Å²) in [5.74, 6) is 1.23. The summed E-state index contributed by atoms with van der Waals surface area (Å²) in [4.78, 5) is 10.6. The first-order valence-corrected chi connectivity index (χ1v) is 7.80. The Morgan fingerprint density at radius 3 is 2.38 bits per heavy atom. The fraction of sp³-hybridized carbons (Fsp3) is 0.316. The number of hydrogen-bond acceptors (Lipinski definition) is 4. The molecule has 2 rings (SSSR count).